The molecule has 96 valence electrons. The van der Waals surface area contributed by atoms with Crippen LogP contribution in [0.3, 0.4) is 0 Å². The van der Waals surface area contributed by atoms with Gasteiger partial charge in [0.1, 0.15) is 0 Å². The molecule has 0 spiro atoms. The van der Waals surface area contributed by atoms with Crippen LogP contribution in [0.4, 0.5) is 0 Å². The normalized spacial score (nSPS) is 22.4. The molecule has 1 aliphatic carbocycles. The van der Waals surface area contributed by atoms with Crippen LogP contribution in [0.15, 0.2) is 48.0 Å². The number of guanidine groups is 1. The van der Waals surface area contributed by atoms with Gasteiger partial charge < -0.3 is 10.6 Å². The fraction of sp³-hybridized carbons (Fsp3) is 0.400. The van der Waals surface area contributed by atoms with Gasteiger partial charge in [0.05, 0.1) is 6.54 Å². The number of hydrogen-bond acceptors (Lipinski definition) is 1. The summed E-state index contributed by atoms with van der Waals surface area (Å²) in [6, 6.07) is 11.2. The molecule has 3 nitrogen and oxygen atoms in total. The Kier molecular flexibility index (Phi) is 4.40. The molecule has 0 radical (unpaired) electrons. The van der Waals surface area contributed by atoms with Crippen molar-refractivity contribution in [1.29, 1.82) is 0 Å². The SMILES string of the molecule is C=CCN=C(NCC)NC1CC1c1ccccc1. The minimum absolute atomic E-state index is 0.509. The number of nitrogens with one attached hydrogen (secondary N) is 2. The Balaban J connectivity index is 1.89. The predicted molar refractivity (Wildman–Crippen MR) is 76.9 cm³/mol. The number of hydrogen-bond donors (Lipinski definition) is 2. The van der Waals surface area contributed by atoms with Gasteiger partial charge >= 0.3 is 0 Å². The van der Waals surface area contributed by atoms with E-state index in [1.54, 1.807) is 6.08 Å². The van der Waals surface area contributed by atoms with Gasteiger partial charge in [-0.15, -0.1) is 6.58 Å². The molecule has 0 aliphatic heterocycles. The molecular weight excluding hydrogens is 222 g/mol. The monoisotopic (exact) mass is 243 g/mol. The van der Waals surface area contributed by atoms with Crippen LogP contribution >= 0.6 is 0 Å². The molecule has 0 saturated heterocycles. The largest absolute Gasteiger partial charge is 0.357 e. The predicted octanol–water partition coefficient (Wildman–Crippen LogP) is 2.28. The number of benzene rings is 1. The fourth-order valence-corrected chi connectivity index (χ4v) is 2.07. The van der Waals surface area contributed by atoms with Gasteiger partial charge in [-0.05, 0) is 18.9 Å². The van der Waals surface area contributed by atoms with E-state index in [1.165, 1.54) is 12.0 Å². The smallest absolute Gasteiger partial charge is 0.191 e. The summed E-state index contributed by atoms with van der Waals surface area (Å²) in [5.74, 6) is 1.51. The summed E-state index contributed by atoms with van der Waals surface area (Å²) in [6.45, 7) is 7.30. The van der Waals surface area contributed by atoms with Crippen LogP contribution in [-0.2, 0) is 0 Å². The van der Waals surface area contributed by atoms with Gasteiger partial charge in [-0.2, -0.15) is 0 Å². The zero-order valence-electron chi connectivity index (χ0n) is 10.9. The third-order valence-electron chi connectivity index (χ3n) is 3.06. The van der Waals surface area contributed by atoms with Crippen molar-refractivity contribution in [3.63, 3.8) is 0 Å². The summed E-state index contributed by atoms with van der Waals surface area (Å²) < 4.78 is 0. The average Bonchev–Trinajstić information content (AvgIpc) is 3.16. The van der Waals surface area contributed by atoms with Crippen molar-refractivity contribution in [2.75, 3.05) is 13.1 Å². The van der Waals surface area contributed by atoms with Crippen molar-refractivity contribution in [2.24, 2.45) is 4.99 Å². The molecule has 1 saturated carbocycles. The van der Waals surface area contributed by atoms with E-state index in [2.05, 4.69) is 59.5 Å². The molecule has 0 bridgehead atoms. The van der Waals surface area contributed by atoms with Crippen LogP contribution in [-0.4, -0.2) is 25.1 Å². The molecule has 0 amide bonds. The maximum absolute atomic E-state index is 4.42. The molecule has 18 heavy (non-hydrogen) atoms. The lowest BCUT2D eigenvalue weighted by molar-refractivity contribution is 0.802. The number of nitrogens with zero attached hydrogens (tertiary/aromatic N) is 1. The highest BCUT2D eigenvalue weighted by Crippen LogP contribution is 2.40. The highest BCUT2D eigenvalue weighted by Gasteiger charge is 2.38. The number of rotatable bonds is 5. The first-order chi connectivity index (χ1) is 8.85. The molecule has 2 unspecified atom stereocenters. The van der Waals surface area contributed by atoms with Crippen molar-refractivity contribution in [3.05, 3.63) is 48.6 Å². The Morgan fingerprint density at radius 3 is 2.89 bits per heavy atom. The minimum atomic E-state index is 0.509. The zero-order chi connectivity index (χ0) is 12.8. The summed E-state index contributed by atoms with van der Waals surface area (Å²) in [5.41, 5.74) is 1.41. The van der Waals surface area contributed by atoms with Crippen LogP contribution in [0.25, 0.3) is 0 Å². The minimum Gasteiger partial charge on any atom is -0.357 e. The first kappa shape index (κ1) is 12.7. The van der Waals surface area contributed by atoms with Gasteiger partial charge in [-0.1, -0.05) is 36.4 Å². The van der Waals surface area contributed by atoms with Gasteiger partial charge in [0.2, 0.25) is 0 Å². The van der Waals surface area contributed by atoms with Gasteiger partial charge in [0.25, 0.3) is 0 Å². The van der Waals surface area contributed by atoms with Crippen molar-refractivity contribution < 1.29 is 0 Å². The third-order valence-corrected chi connectivity index (χ3v) is 3.06. The van der Waals surface area contributed by atoms with E-state index in [-0.39, 0.29) is 0 Å². The third kappa shape index (κ3) is 3.36. The van der Waals surface area contributed by atoms with E-state index < -0.39 is 0 Å². The lowest BCUT2D eigenvalue weighted by Crippen LogP contribution is -2.39. The molecule has 2 rings (SSSR count). The Morgan fingerprint density at radius 1 is 1.44 bits per heavy atom. The van der Waals surface area contributed by atoms with Gasteiger partial charge in [0, 0.05) is 18.5 Å². The van der Waals surface area contributed by atoms with Crippen molar-refractivity contribution >= 4 is 5.96 Å². The quantitative estimate of drug-likeness (QED) is 0.473. The summed E-state index contributed by atoms with van der Waals surface area (Å²) in [5, 5.41) is 6.72. The van der Waals surface area contributed by atoms with E-state index in [4.69, 9.17) is 0 Å². The van der Waals surface area contributed by atoms with Crippen LogP contribution in [0, 0.1) is 0 Å². The topological polar surface area (TPSA) is 36.4 Å². The van der Waals surface area contributed by atoms with E-state index in [1.807, 2.05) is 0 Å². The Morgan fingerprint density at radius 2 is 2.22 bits per heavy atom. The van der Waals surface area contributed by atoms with E-state index in [0.717, 1.165) is 12.5 Å². The van der Waals surface area contributed by atoms with Gasteiger partial charge in [0.15, 0.2) is 5.96 Å². The van der Waals surface area contributed by atoms with E-state index in [0.29, 0.717) is 18.5 Å². The molecule has 1 aliphatic rings. The van der Waals surface area contributed by atoms with Crippen molar-refractivity contribution in [3.8, 4) is 0 Å². The Bertz CT molecular complexity index is 411. The highest BCUT2D eigenvalue weighted by atomic mass is 15.2. The lowest BCUT2D eigenvalue weighted by Gasteiger charge is -2.10. The molecule has 1 fully saturated rings. The highest BCUT2D eigenvalue weighted by molar-refractivity contribution is 5.80. The van der Waals surface area contributed by atoms with Crippen LogP contribution in [0.1, 0.15) is 24.8 Å². The molecule has 2 atom stereocenters. The zero-order valence-corrected chi connectivity index (χ0v) is 10.9. The molecule has 0 heterocycles. The number of aliphatic imine (C=N–C) groups is 1. The lowest BCUT2D eigenvalue weighted by atomic mass is 10.1. The summed E-state index contributed by atoms with van der Waals surface area (Å²) in [7, 11) is 0. The van der Waals surface area contributed by atoms with E-state index >= 15 is 0 Å². The second-order valence-corrected chi connectivity index (χ2v) is 4.51. The summed E-state index contributed by atoms with van der Waals surface area (Å²) in [4.78, 5) is 4.42. The second-order valence-electron chi connectivity index (χ2n) is 4.51. The van der Waals surface area contributed by atoms with Gasteiger partial charge in [-0.25, -0.2) is 4.99 Å². The van der Waals surface area contributed by atoms with Crippen molar-refractivity contribution in [2.45, 2.75) is 25.3 Å². The van der Waals surface area contributed by atoms with Gasteiger partial charge in [-0.3, -0.25) is 0 Å². The molecule has 3 heteroatoms. The molecule has 0 aromatic heterocycles. The van der Waals surface area contributed by atoms with E-state index in [9.17, 15) is 0 Å². The maximum atomic E-state index is 4.42. The average molecular weight is 243 g/mol. The Labute approximate surface area is 109 Å². The first-order valence-electron chi connectivity index (χ1n) is 6.55. The van der Waals surface area contributed by atoms with Crippen LogP contribution in [0.2, 0.25) is 0 Å². The van der Waals surface area contributed by atoms with Crippen LogP contribution in [0.5, 0.6) is 0 Å². The molecular formula is C15H21N3. The summed E-state index contributed by atoms with van der Waals surface area (Å²) >= 11 is 0. The molecule has 1 aromatic rings. The second kappa shape index (κ2) is 6.24. The molecule has 1 aromatic carbocycles. The maximum Gasteiger partial charge on any atom is 0.191 e. The fourth-order valence-electron chi connectivity index (χ4n) is 2.07. The summed E-state index contributed by atoms with van der Waals surface area (Å²) in [6.07, 6.45) is 2.99. The standard InChI is InChI=1S/C15H21N3/c1-3-10-17-15(16-4-2)18-14-11-13(14)12-8-6-5-7-9-12/h3,5-9,13-14H,1,4,10-11H2,2H3,(H2,16,17,18). The molecule has 2 N–H and O–H groups in total. The Hall–Kier alpha value is -1.77. The van der Waals surface area contributed by atoms with Crippen LogP contribution < -0.4 is 10.6 Å². The van der Waals surface area contributed by atoms with Crippen molar-refractivity contribution in [1.82, 2.24) is 10.6 Å². The first-order valence-corrected chi connectivity index (χ1v) is 6.55.